The van der Waals surface area contributed by atoms with Crippen molar-refractivity contribution in [3.63, 3.8) is 0 Å². The Morgan fingerprint density at radius 3 is 2.94 bits per heavy atom. The minimum absolute atomic E-state index is 0.545. The average molecular weight is 267 g/mol. The van der Waals surface area contributed by atoms with E-state index in [1.807, 2.05) is 6.20 Å². The molecule has 1 atom stereocenters. The van der Waals surface area contributed by atoms with Gasteiger partial charge in [-0.2, -0.15) is 11.8 Å². The smallest absolute Gasteiger partial charge is 0.110 e. The van der Waals surface area contributed by atoms with E-state index in [9.17, 15) is 0 Å². The summed E-state index contributed by atoms with van der Waals surface area (Å²) in [5, 5.41) is 4.35. The number of aryl methyl sites for hydroxylation is 1. The summed E-state index contributed by atoms with van der Waals surface area (Å²) in [5.41, 5.74) is 0. The zero-order valence-electron chi connectivity index (χ0n) is 11.6. The topological polar surface area (TPSA) is 29.9 Å². The van der Waals surface area contributed by atoms with Crippen molar-refractivity contribution in [2.24, 2.45) is 0 Å². The molecule has 3 nitrogen and oxygen atoms in total. The summed E-state index contributed by atoms with van der Waals surface area (Å²) in [5.74, 6) is 2.42. The molecule has 1 aliphatic rings. The van der Waals surface area contributed by atoms with Gasteiger partial charge in [-0.25, -0.2) is 4.98 Å². The molecule has 0 bridgehead atoms. The summed E-state index contributed by atoms with van der Waals surface area (Å²) < 4.78 is 2.24. The minimum Gasteiger partial charge on any atom is -0.335 e. The van der Waals surface area contributed by atoms with Gasteiger partial charge < -0.3 is 9.88 Å². The van der Waals surface area contributed by atoms with E-state index in [4.69, 9.17) is 0 Å². The Hall–Kier alpha value is -0.480. The maximum Gasteiger partial charge on any atom is 0.110 e. The zero-order valence-corrected chi connectivity index (χ0v) is 12.4. The minimum atomic E-state index is 0.545. The third-order valence-electron chi connectivity index (χ3n) is 3.81. The highest BCUT2D eigenvalue weighted by molar-refractivity contribution is 7.99. The molecular weight excluding hydrogens is 242 g/mol. The average Bonchev–Trinajstić information content (AvgIpc) is 3.05. The fourth-order valence-corrected chi connectivity index (χ4v) is 4.05. The number of nitrogens with zero attached hydrogens (tertiary/aromatic N) is 2. The highest BCUT2D eigenvalue weighted by Gasteiger charge is 2.18. The van der Waals surface area contributed by atoms with Crippen molar-refractivity contribution in [3.05, 3.63) is 18.2 Å². The first-order chi connectivity index (χ1) is 8.83. The van der Waals surface area contributed by atoms with Gasteiger partial charge >= 0.3 is 0 Å². The lowest BCUT2D eigenvalue weighted by atomic mass is 10.2. The van der Waals surface area contributed by atoms with Crippen molar-refractivity contribution in [1.29, 1.82) is 0 Å². The van der Waals surface area contributed by atoms with Gasteiger partial charge in [0.15, 0.2) is 0 Å². The Balaban J connectivity index is 1.81. The molecule has 18 heavy (non-hydrogen) atoms. The molecule has 1 saturated carbocycles. The highest BCUT2D eigenvalue weighted by atomic mass is 32.2. The summed E-state index contributed by atoms with van der Waals surface area (Å²) in [6.07, 6.45) is 10.7. The molecule has 1 fully saturated rings. The first-order valence-electron chi connectivity index (χ1n) is 7.12. The molecule has 0 amide bonds. The van der Waals surface area contributed by atoms with Crippen LogP contribution in [0.3, 0.4) is 0 Å². The highest BCUT2D eigenvalue weighted by Crippen LogP contribution is 2.29. The maximum atomic E-state index is 4.47. The van der Waals surface area contributed by atoms with Crippen LogP contribution in [0, 0.1) is 0 Å². The Morgan fingerprint density at radius 2 is 2.28 bits per heavy atom. The lowest BCUT2D eigenvalue weighted by molar-refractivity contribution is 0.572. The number of likely N-dealkylation sites (N-methyl/N-ethyl adjacent to an activating group) is 1. The Bertz CT molecular complexity index is 345. The molecule has 0 aromatic carbocycles. The second-order valence-electron chi connectivity index (χ2n) is 5.06. The van der Waals surface area contributed by atoms with Crippen LogP contribution in [0.25, 0.3) is 0 Å². The number of hydrogen-bond donors (Lipinski definition) is 1. The molecule has 1 unspecified atom stereocenters. The Labute approximate surface area is 115 Å². The predicted octanol–water partition coefficient (Wildman–Crippen LogP) is 2.71. The molecule has 2 rings (SSSR count). The van der Waals surface area contributed by atoms with E-state index in [0.29, 0.717) is 6.04 Å². The van der Waals surface area contributed by atoms with Crippen molar-refractivity contribution in [1.82, 2.24) is 14.9 Å². The monoisotopic (exact) mass is 267 g/mol. The van der Waals surface area contributed by atoms with Crippen LogP contribution >= 0.6 is 11.8 Å². The summed E-state index contributed by atoms with van der Waals surface area (Å²) in [4.78, 5) is 4.47. The standard InChI is InChI=1S/C14H25N3S/c1-3-17-9-8-16-14(17)10-12(15-2)11-18-13-6-4-5-7-13/h8-9,12-13,15H,3-7,10-11H2,1-2H3. The second kappa shape index (κ2) is 7.19. The summed E-state index contributed by atoms with van der Waals surface area (Å²) in [7, 11) is 2.07. The Kier molecular flexibility index (Phi) is 5.57. The van der Waals surface area contributed by atoms with E-state index in [0.717, 1.165) is 18.2 Å². The molecule has 0 saturated heterocycles. The normalized spacial score (nSPS) is 18.3. The molecule has 0 spiro atoms. The molecule has 102 valence electrons. The van der Waals surface area contributed by atoms with Crippen molar-refractivity contribution in [3.8, 4) is 0 Å². The quantitative estimate of drug-likeness (QED) is 0.824. The van der Waals surface area contributed by atoms with Gasteiger partial charge in [-0.15, -0.1) is 0 Å². The molecule has 1 aliphatic carbocycles. The maximum absolute atomic E-state index is 4.47. The summed E-state index contributed by atoms with van der Waals surface area (Å²) in [6, 6.07) is 0.545. The number of nitrogens with one attached hydrogen (secondary N) is 1. The van der Waals surface area contributed by atoms with Crippen LogP contribution in [0.1, 0.15) is 38.4 Å². The van der Waals surface area contributed by atoms with E-state index in [1.54, 1.807) is 0 Å². The van der Waals surface area contributed by atoms with E-state index in [2.05, 4.69) is 46.8 Å². The molecule has 1 aromatic heterocycles. The molecule has 1 N–H and O–H groups in total. The predicted molar refractivity (Wildman–Crippen MR) is 79.2 cm³/mol. The lowest BCUT2D eigenvalue weighted by Crippen LogP contribution is -2.31. The van der Waals surface area contributed by atoms with E-state index >= 15 is 0 Å². The number of hydrogen-bond acceptors (Lipinski definition) is 3. The molecule has 0 aliphatic heterocycles. The second-order valence-corrected chi connectivity index (χ2v) is 6.39. The number of imidazole rings is 1. The number of aromatic nitrogens is 2. The molecule has 4 heteroatoms. The van der Waals surface area contributed by atoms with Crippen LogP contribution in [-0.2, 0) is 13.0 Å². The molecular formula is C14H25N3S. The molecule has 1 aromatic rings. The van der Waals surface area contributed by atoms with Gasteiger partial charge in [0.1, 0.15) is 5.82 Å². The van der Waals surface area contributed by atoms with Crippen LogP contribution < -0.4 is 5.32 Å². The fourth-order valence-electron chi connectivity index (χ4n) is 2.59. The van der Waals surface area contributed by atoms with Gasteiger partial charge in [0, 0.05) is 42.4 Å². The van der Waals surface area contributed by atoms with E-state index in [1.165, 1.54) is 37.3 Å². The SMILES string of the molecule is CCn1ccnc1CC(CSC1CCCC1)NC. The van der Waals surface area contributed by atoms with Crippen molar-refractivity contribution >= 4 is 11.8 Å². The van der Waals surface area contributed by atoms with Gasteiger partial charge in [-0.1, -0.05) is 12.8 Å². The zero-order chi connectivity index (χ0) is 12.8. The van der Waals surface area contributed by atoms with Crippen LogP contribution in [-0.4, -0.2) is 33.6 Å². The van der Waals surface area contributed by atoms with Crippen molar-refractivity contribution in [2.45, 2.75) is 56.9 Å². The van der Waals surface area contributed by atoms with Gasteiger partial charge in [-0.05, 0) is 26.8 Å². The van der Waals surface area contributed by atoms with Gasteiger partial charge in [0.05, 0.1) is 0 Å². The van der Waals surface area contributed by atoms with Gasteiger partial charge in [0.2, 0.25) is 0 Å². The van der Waals surface area contributed by atoms with Gasteiger partial charge in [0.25, 0.3) is 0 Å². The third kappa shape index (κ3) is 3.75. The fraction of sp³-hybridized carbons (Fsp3) is 0.786. The largest absolute Gasteiger partial charge is 0.335 e. The van der Waals surface area contributed by atoms with Crippen molar-refractivity contribution < 1.29 is 0 Å². The van der Waals surface area contributed by atoms with Crippen LogP contribution in [0.4, 0.5) is 0 Å². The summed E-state index contributed by atoms with van der Waals surface area (Å²) in [6.45, 7) is 3.19. The first-order valence-corrected chi connectivity index (χ1v) is 8.17. The van der Waals surface area contributed by atoms with Crippen LogP contribution in [0.5, 0.6) is 0 Å². The van der Waals surface area contributed by atoms with Crippen LogP contribution in [0.2, 0.25) is 0 Å². The number of thioether (sulfide) groups is 1. The molecule has 1 heterocycles. The summed E-state index contributed by atoms with van der Waals surface area (Å²) >= 11 is 2.15. The number of rotatable bonds is 7. The lowest BCUT2D eigenvalue weighted by Gasteiger charge is -2.18. The Morgan fingerprint density at radius 1 is 1.50 bits per heavy atom. The van der Waals surface area contributed by atoms with Crippen molar-refractivity contribution in [2.75, 3.05) is 12.8 Å². The van der Waals surface area contributed by atoms with E-state index in [-0.39, 0.29) is 0 Å². The van der Waals surface area contributed by atoms with Gasteiger partial charge in [-0.3, -0.25) is 0 Å². The van der Waals surface area contributed by atoms with Crippen LogP contribution in [0.15, 0.2) is 12.4 Å². The third-order valence-corrected chi connectivity index (χ3v) is 5.35. The molecule has 0 radical (unpaired) electrons. The first kappa shape index (κ1) is 13.9. The van der Waals surface area contributed by atoms with E-state index < -0.39 is 0 Å².